The van der Waals surface area contributed by atoms with Crippen molar-refractivity contribution in [2.75, 3.05) is 12.5 Å². The highest BCUT2D eigenvalue weighted by Crippen LogP contribution is 2.14. The number of hydrogen-bond acceptors (Lipinski definition) is 2. The second-order valence-corrected chi connectivity index (χ2v) is 4.60. The third kappa shape index (κ3) is 4.28. The van der Waals surface area contributed by atoms with Crippen molar-refractivity contribution < 1.29 is 9.53 Å². The molecule has 0 saturated carbocycles. The maximum atomic E-state index is 11.9. The van der Waals surface area contributed by atoms with E-state index in [1.807, 2.05) is 60.7 Å². The molecule has 2 rings (SSSR count). The molecule has 0 aliphatic heterocycles. The van der Waals surface area contributed by atoms with Gasteiger partial charge in [-0.25, -0.2) is 0 Å². The second kappa shape index (κ2) is 7.56. The van der Waals surface area contributed by atoms with Crippen LogP contribution in [0.2, 0.25) is 0 Å². The summed E-state index contributed by atoms with van der Waals surface area (Å²) in [7, 11) is 0. The molecule has 1 N–H and O–H groups in total. The molecule has 0 aliphatic rings. The number of rotatable bonds is 6. The van der Waals surface area contributed by atoms with Gasteiger partial charge in [0.05, 0.1) is 6.04 Å². The van der Waals surface area contributed by atoms with Crippen molar-refractivity contribution in [2.45, 2.75) is 6.04 Å². The minimum atomic E-state index is -0.204. The lowest BCUT2D eigenvalue weighted by Crippen LogP contribution is -2.33. The van der Waals surface area contributed by atoms with Gasteiger partial charge in [-0.3, -0.25) is 4.79 Å². The Bertz CT molecular complexity index is 531. The number of amides is 1. The highest BCUT2D eigenvalue weighted by Gasteiger charge is 2.13. The summed E-state index contributed by atoms with van der Waals surface area (Å²) in [6.07, 6.45) is 0. The number of benzene rings is 2. The Labute approximate surface area is 123 Å². The molecule has 0 heterocycles. The zero-order valence-electron chi connectivity index (χ0n) is 11.0. The quantitative estimate of drug-likeness (QED) is 0.830. The summed E-state index contributed by atoms with van der Waals surface area (Å²) in [6.45, 7) is -0.0236. The van der Waals surface area contributed by atoms with Gasteiger partial charge in [-0.2, -0.15) is 0 Å². The van der Waals surface area contributed by atoms with E-state index in [0.29, 0.717) is 11.6 Å². The highest BCUT2D eigenvalue weighted by molar-refractivity contribution is 6.18. The summed E-state index contributed by atoms with van der Waals surface area (Å²) < 4.78 is 5.39. The molecule has 1 atom stereocenters. The van der Waals surface area contributed by atoms with E-state index < -0.39 is 0 Å². The van der Waals surface area contributed by atoms with Crippen molar-refractivity contribution in [3.8, 4) is 5.75 Å². The summed E-state index contributed by atoms with van der Waals surface area (Å²) in [5.41, 5.74) is 0.982. The van der Waals surface area contributed by atoms with Crippen LogP contribution >= 0.6 is 11.6 Å². The van der Waals surface area contributed by atoms with Gasteiger partial charge in [-0.05, 0) is 17.7 Å². The molecular weight excluding hydrogens is 274 g/mol. The van der Waals surface area contributed by atoms with Gasteiger partial charge >= 0.3 is 0 Å². The van der Waals surface area contributed by atoms with E-state index in [4.69, 9.17) is 16.3 Å². The van der Waals surface area contributed by atoms with Crippen LogP contribution in [-0.4, -0.2) is 18.4 Å². The van der Waals surface area contributed by atoms with Gasteiger partial charge in [0.2, 0.25) is 0 Å². The fourth-order valence-electron chi connectivity index (χ4n) is 1.80. The average molecular weight is 290 g/mol. The van der Waals surface area contributed by atoms with Crippen LogP contribution in [0.4, 0.5) is 0 Å². The molecule has 0 aliphatic carbocycles. The number of carbonyl (C=O) groups excluding carboxylic acids is 1. The van der Waals surface area contributed by atoms with Crippen LogP contribution in [0, 0.1) is 0 Å². The van der Waals surface area contributed by atoms with Gasteiger partial charge in [0.1, 0.15) is 5.75 Å². The number of hydrogen-bond donors (Lipinski definition) is 1. The SMILES string of the molecule is O=C(COc1ccccc1)NC(CCl)c1ccccc1. The van der Waals surface area contributed by atoms with Crippen LogP contribution in [0.25, 0.3) is 0 Å². The van der Waals surface area contributed by atoms with E-state index in [-0.39, 0.29) is 18.6 Å². The maximum absolute atomic E-state index is 11.9. The smallest absolute Gasteiger partial charge is 0.258 e. The van der Waals surface area contributed by atoms with Gasteiger partial charge in [-0.15, -0.1) is 11.6 Å². The van der Waals surface area contributed by atoms with Gasteiger partial charge in [0.15, 0.2) is 6.61 Å². The zero-order chi connectivity index (χ0) is 14.2. The van der Waals surface area contributed by atoms with E-state index in [1.165, 1.54) is 0 Å². The van der Waals surface area contributed by atoms with Crippen molar-refractivity contribution in [2.24, 2.45) is 0 Å². The number of alkyl halides is 1. The number of para-hydroxylation sites is 1. The Balaban J connectivity index is 1.87. The summed E-state index contributed by atoms with van der Waals surface area (Å²) >= 11 is 5.91. The second-order valence-electron chi connectivity index (χ2n) is 4.29. The Morgan fingerprint density at radius 1 is 1.05 bits per heavy atom. The summed E-state index contributed by atoms with van der Waals surface area (Å²) in [5, 5.41) is 2.86. The fraction of sp³-hybridized carbons (Fsp3) is 0.188. The lowest BCUT2D eigenvalue weighted by Gasteiger charge is -2.16. The molecule has 4 heteroatoms. The van der Waals surface area contributed by atoms with Gasteiger partial charge in [0.25, 0.3) is 5.91 Å². The first-order chi connectivity index (χ1) is 9.79. The van der Waals surface area contributed by atoms with Crippen molar-refractivity contribution in [1.29, 1.82) is 0 Å². The van der Waals surface area contributed by atoms with Crippen LogP contribution in [-0.2, 0) is 4.79 Å². The Hall–Kier alpha value is -2.00. The Kier molecular flexibility index (Phi) is 5.44. The number of carbonyl (C=O) groups is 1. The average Bonchev–Trinajstić information content (AvgIpc) is 2.52. The predicted molar refractivity (Wildman–Crippen MR) is 80.0 cm³/mol. The van der Waals surface area contributed by atoms with E-state index in [9.17, 15) is 4.79 Å². The Morgan fingerprint density at radius 3 is 2.25 bits per heavy atom. The van der Waals surface area contributed by atoms with E-state index in [1.54, 1.807) is 0 Å². The topological polar surface area (TPSA) is 38.3 Å². The summed E-state index contributed by atoms with van der Waals surface area (Å²) in [5.74, 6) is 0.800. The molecule has 0 bridgehead atoms. The van der Waals surface area contributed by atoms with Gasteiger partial charge in [-0.1, -0.05) is 48.5 Å². The number of ether oxygens (including phenoxy) is 1. The molecule has 104 valence electrons. The van der Waals surface area contributed by atoms with Crippen LogP contribution in [0.1, 0.15) is 11.6 Å². The van der Waals surface area contributed by atoms with Crippen molar-refractivity contribution in [3.63, 3.8) is 0 Å². The summed E-state index contributed by atoms with van der Waals surface area (Å²) in [4.78, 5) is 11.9. The molecule has 0 saturated heterocycles. The Morgan fingerprint density at radius 2 is 1.65 bits per heavy atom. The molecule has 2 aromatic carbocycles. The third-order valence-electron chi connectivity index (χ3n) is 2.80. The van der Waals surface area contributed by atoms with Crippen molar-refractivity contribution in [3.05, 3.63) is 66.2 Å². The van der Waals surface area contributed by atoms with Crippen molar-refractivity contribution >= 4 is 17.5 Å². The fourth-order valence-corrected chi connectivity index (χ4v) is 2.05. The van der Waals surface area contributed by atoms with Crippen LogP contribution in [0.15, 0.2) is 60.7 Å². The van der Waals surface area contributed by atoms with Crippen LogP contribution in [0.3, 0.4) is 0 Å². The first-order valence-corrected chi connectivity index (χ1v) is 6.91. The molecule has 0 fully saturated rings. The van der Waals surface area contributed by atoms with E-state index >= 15 is 0 Å². The lowest BCUT2D eigenvalue weighted by atomic mass is 10.1. The predicted octanol–water partition coefficient (Wildman–Crippen LogP) is 3.16. The first kappa shape index (κ1) is 14.4. The molecule has 0 spiro atoms. The molecule has 1 unspecified atom stereocenters. The summed E-state index contributed by atoms with van der Waals surface area (Å²) in [6, 6.07) is 18.7. The van der Waals surface area contributed by atoms with Gasteiger partial charge < -0.3 is 10.1 Å². The number of nitrogens with one attached hydrogen (secondary N) is 1. The molecule has 0 radical (unpaired) electrons. The molecule has 2 aromatic rings. The minimum Gasteiger partial charge on any atom is -0.484 e. The van der Waals surface area contributed by atoms with Crippen molar-refractivity contribution in [1.82, 2.24) is 5.32 Å². The molecular formula is C16H16ClNO2. The molecule has 1 amide bonds. The van der Waals surface area contributed by atoms with E-state index in [0.717, 1.165) is 5.56 Å². The van der Waals surface area contributed by atoms with E-state index in [2.05, 4.69) is 5.32 Å². The maximum Gasteiger partial charge on any atom is 0.258 e. The van der Waals surface area contributed by atoms with Crippen LogP contribution in [0.5, 0.6) is 5.75 Å². The molecule has 20 heavy (non-hydrogen) atoms. The molecule has 3 nitrogen and oxygen atoms in total. The molecule has 0 aromatic heterocycles. The number of halogens is 1. The van der Waals surface area contributed by atoms with Crippen LogP contribution < -0.4 is 10.1 Å². The highest BCUT2D eigenvalue weighted by atomic mass is 35.5. The normalized spacial score (nSPS) is 11.7. The minimum absolute atomic E-state index is 0.0236. The zero-order valence-corrected chi connectivity index (χ0v) is 11.7. The van der Waals surface area contributed by atoms with Gasteiger partial charge in [0, 0.05) is 5.88 Å². The monoisotopic (exact) mass is 289 g/mol. The lowest BCUT2D eigenvalue weighted by molar-refractivity contribution is -0.123. The third-order valence-corrected chi connectivity index (χ3v) is 3.11. The first-order valence-electron chi connectivity index (χ1n) is 6.37. The largest absolute Gasteiger partial charge is 0.484 e. The standard InChI is InChI=1S/C16H16ClNO2/c17-11-15(13-7-3-1-4-8-13)18-16(19)12-20-14-9-5-2-6-10-14/h1-10,15H,11-12H2,(H,18,19).